The standard InChI is InChI=1S/C90H155NO8/c1-6-8-10-12-14-16-18-20-22-24-26-28-30-32-34-36-38-40-42-43-44-45-47-48-50-52-54-56-58-60-62-64-66-68-70-72-74-76-78-80-87(92)97-84-86(85-98-90(89(94)95)96-83-82-91(3,4)5)99-88(93)81-79-77-75-73-71-69-67-65-63-61-59-57-55-53-51-49-46-41-39-37-35-33-31-29-27-25-23-21-19-17-15-13-11-9-7-2/h9,11,15,17,21,23-24,26-27,29,33,35,39,41,49,51,55,57,61,63,67,69,86,90H,6-8,10,12-14,16,18-20,22,25,28,30-32,34,36-38,40,42-48,50,52-54,56,58-60,62,64-66,68,70-85H2,1-5H3/p+1/b11-9-,17-15-,23-21-,26-24-,29-27-,35-33-,41-39-,51-49-,57-55-,63-61-,69-67-. The lowest BCUT2D eigenvalue weighted by molar-refractivity contribution is -0.870. The van der Waals surface area contributed by atoms with Crippen molar-refractivity contribution in [2.45, 2.75) is 373 Å². The third kappa shape index (κ3) is 80.6. The predicted octanol–water partition coefficient (Wildman–Crippen LogP) is 26.8. The highest BCUT2D eigenvalue weighted by Gasteiger charge is 2.25. The average molecular weight is 1380 g/mol. The second-order valence-corrected chi connectivity index (χ2v) is 28.7. The highest BCUT2D eigenvalue weighted by atomic mass is 16.7. The average Bonchev–Trinajstić information content (AvgIpc) is 1.16. The van der Waals surface area contributed by atoms with E-state index in [0.29, 0.717) is 23.9 Å². The summed E-state index contributed by atoms with van der Waals surface area (Å²) in [6.45, 7) is 4.76. The Bertz CT molecular complexity index is 2100. The van der Waals surface area contributed by atoms with Gasteiger partial charge in [-0.25, -0.2) is 4.79 Å². The Morgan fingerprint density at radius 2 is 0.576 bits per heavy atom. The number of esters is 2. The molecule has 9 nitrogen and oxygen atoms in total. The van der Waals surface area contributed by atoms with Gasteiger partial charge in [0.05, 0.1) is 34.4 Å². The topological polar surface area (TPSA) is 108 Å². The maximum atomic E-state index is 13.0. The predicted molar refractivity (Wildman–Crippen MR) is 428 cm³/mol. The quantitative estimate of drug-likeness (QED) is 0.0211. The number of nitrogens with zero attached hydrogens (tertiary/aromatic N) is 1. The number of hydrogen-bond acceptors (Lipinski definition) is 7. The van der Waals surface area contributed by atoms with Crippen LogP contribution < -0.4 is 0 Å². The van der Waals surface area contributed by atoms with Gasteiger partial charge in [0.25, 0.3) is 6.29 Å². The highest BCUT2D eigenvalue weighted by molar-refractivity contribution is 5.71. The summed E-state index contributed by atoms with van der Waals surface area (Å²) in [7, 11) is 5.97. The monoisotopic (exact) mass is 1380 g/mol. The zero-order valence-corrected chi connectivity index (χ0v) is 65.1. The smallest absolute Gasteiger partial charge is 0.361 e. The van der Waals surface area contributed by atoms with Crippen LogP contribution in [0.5, 0.6) is 0 Å². The molecular weight excluding hydrogens is 1220 g/mol. The second-order valence-electron chi connectivity index (χ2n) is 28.7. The van der Waals surface area contributed by atoms with E-state index in [-0.39, 0.29) is 32.2 Å². The van der Waals surface area contributed by atoms with Crippen LogP contribution in [0.25, 0.3) is 0 Å². The molecule has 1 N–H and O–H groups in total. The van der Waals surface area contributed by atoms with Crippen LogP contribution in [0.3, 0.4) is 0 Å². The molecule has 568 valence electrons. The van der Waals surface area contributed by atoms with Crippen molar-refractivity contribution < 1.29 is 42.9 Å². The van der Waals surface area contributed by atoms with Crippen molar-refractivity contribution in [2.24, 2.45) is 0 Å². The van der Waals surface area contributed by atoms with Crippen LogP contribution in [0.15, 0.2) is 134 Å². The van der Waals surface area contributed by atoms with Crippen molar-refractivity contribution in [3.63, 3.8) is 0 Å². The van der Waals surface area contributed by atoms with Gasteiger partial charge in [-0.1, -0.05) is 366 Å². The SMILES string of the molecule is CC/C=C\C/C=C\C/C=C\C/C=C\C/C=C\C/C=C\C/C=C\C/C=C\C/C=C\C/C=C\CCCCCCC(=O)OC(COC(=O)CCCCCCCCCCCCCCCCCCCCCCCCCCCCC/C=C\CCCCCCCCCC)COC(OCC[N+](C)(C)C)C(=O)O. The van der Waals surface area contributed by atoms with Crippen molar-refractivity contribution in [2.75, 3.05) is 47.5 Å². The molecular formula is C90H156NO8+. The molecule has 0 saturated carbocycles. The molecule has 0 amide bonds. The Morgan fingerprint density at radius 1 is 0.313 bits per heavy atom. The second kappa shape index (κ2) is 79.1. The Kier molecular flexibility index (Phi) is 75.5. The highest BCUT2D eigenvalue weighted by Crippen LogP contribution is 2.19. The Hall–Kier alpha value is -4.57. The number of carboxylic acids is 1. The molecule has 0 aliphatic rings. The van der Waals surface area contributed by atoms with E-state index in [2.05, 4.69) is 148 Å². The fraction of sp³-hybridized carbons (Fsp3) is 0.722. The first-order valence-corrected chi connectivity index (χ1v) is 41.3. The number of likely N-dealkylation sites (N-methyl/N-ethyl adjacent to an activating group) is 1. The molecule has 0 aromatic carbocycles. The molecule has 9 heteroatoms. The van der Waals surface area contributed by atoms with Crippen molar-refractivity contribution >= 4 is 17.9 Å². The number of unbranched alkanes of at least 4 members (excludes halogenated alkanes) is 39. The minimum absolute atomic E-state index is 0.177. The van der Waals surface area contributed by atoms with Gasteiger partial charge in [0.2, 0.25) is 0 Å². The number of hydrogen-bond donors (Lipinski definition) is 1. The van der Waals surface area contributed by atoms with E-state index in [1.54, 1.807) is 0 Å². The molecule has 0 radical (unpaired) electrons. The van der Waals surface area contributed by atoms with E-state index in [1.165, 1.54) is 218 Å². The zero-order valence-electron chi connectivity index (χ0n) is 65.1. The minimum atomic E-state index is -1.53. The molecule has 0 aliphatic carbocycles. The summed E-state index contributed by atoms with van der Waals surface area (Å²) in [5.74, 6) is -2.04. The molecule has 0 fully saturated rings. The van der Waals surface area contributed by atoms with Crippen LogP contribution in [0.1, 0.15) is 361 Å². The number of aliphatic carboxylic acids is 1. The first-order valence-electron chi connectivity index (χ1n) is 41.3. The summed E-state index contributed by atoms with van der Waals surface area (Å²) >= 11 is 0. The summed E-state index contributed by atoms with van der Waals surface area (Å²) in [5, 5.41) is 9.77. The van der Waals surface area contributed by atoms with Crippen molar-refractivity contribution in [1.82, 2.24) is 0 Å². The molecule has 2 unspecified atom stereocenters. The summed E-state index contributed by atoms with van der Waals surface area (Å²) in [5.41, 5.74) is 0. The number of carbonyl (C=O) groups excluding carboxylic acids is 2. The van der Waals surface area contributed by atoms with E-state index in [0.717, 1.165) is 109 Å². The summed E-state index contributed by atoms with van der Waals surface area (Å²) < 4.78 is 23.0. The van der Waals surface area contributed by atoms with E-state index >= 15 is 0 Å². The number of carboxylic acid groups (broad SMARTS) is 1. The van der Waals surface area contributed by atoms with E-state index in [9.17, 15) is 19.5 Å². The van der Waals surface area contributed by atoms with Crippen molar-refractivity contribution in [3.05, 3.63) is 134 Å². The van der Waals surface area contributed by atoms with Crippen LogP contribution in [-0.2, 0) is 33.3 Å². The summed E-state index contributed by atoms with van der Waals surface area (Å²) in [6.07, 6.45) is 112. The lowest BCUT2D eigenvalue weighted by Crippen LogP contribution is -2.40. The molecule has 2 atom stereocenters. The van der Waals surface area contributed by atoms with Crippen LogP contribution >= 0.6 is 0 Å². The molecule has 0 bridgehead atoms. The first-order chi connectivity index (χ1) is 48.6. The number of rotatable bonds is 76. The third-order valence-corrected chi connectivity index (χ3v) is 17.9. The van der Waals surface area contributed by atoms with Gasteiger partial charge in [0, 0.05) is 12.8 Å². The fourth-order valence-electron chi connectivity index (χ4n) is 11.6. The zero-order chi connectivity index (χ0) is 71.8. The van der Waals surface area contributed by atoms with E-state index < -0.39 is 24.3 Å². The minimum Gasteiger partial charge on any atom is -0.477 e. The summed E-state index contributed by atoms with van der Waals surface area (Å²) in [4.78, 5) is 37.7. The van der Waals surface area contributed by atoms with Gasteiger partial charge in [-0.2, -0.15) is 0 Å². The fourth-order valence-corrected chi connectivity index (χ4v) is 11.6. The molecule has 0 rings (SSSR count). The molecule has 0 aromatic rings. The van der Waals surface area contributed by atoms with Crippen molar-refractivity contribution in [3.8, 4) is 0 Å². The lowest BCUT2D eigenvalue weighted by Gasteiger charge is -2.25. The summed E-state index contributed by atoms with van der Waals surface area (Å²) in [6, 6.07) is 0. The molecule has 0 heterocycles. The molecule has 0 spiro atoms. The van der Waals surface area contributed by atoms with Gasteiger partial charge >= 0.3 is 17.9 Å². The van der Waals surface area contributed by atoms with Crippen LogP contribution in [0, 0.1) is 0 Å². The van der Waals surface area contributed by atoms with Gasteiger partial charge in [-0.05, 0) is 116 Å². The van der Waals surface area contributed by atoms with Crippen LogP contribution in [0.4, 0.5) is 0 Å². The van der Waals surface area contributed by atoms with Gasteiger partial charge < -0.3 is 28.5 Å². The van der Waals surface area contributed by atoms with E-state index in [1.807, 2.05) is 21.1 Å². The largest absolute Gasteiger partial charge is 0.477 e. The number of carbonyl (C=O) groups is 3. The molecule has 0 aromatic heterocycles. The lowest BCUT2D eigenvalue weighted by atomic mass is 10.0. The van der Waals surface area contributed by atoms with Crippen molar-refractivity contribution in [1.29, 1.82) is 0 Å². The molecule has 0 saturated heterocycles. The van der Waals surface area contributed by atoms with Crippen LogP contribution in [0.2, 0.25) is 0 Å². The van der Waals surface area contributed by atoms with E-state index in [4.69, 9.17) is 18.9 Å². The maximum Gasteiger partial charge on any atom is 0.361 e. The maximum absolute atomic E-state index is 13.0. The number of allylic oxidation sites excluding steroid dienone is 22. The van der Waals surface area contributed by atoms with Gasteiger partial charge in [-0.3, -0.25) is 9.59 Å². The number of ether oxygens (including phenoxy) is 4. The first kappa shape index (κ1) is 94.4. The Morgan fingerprint density at radius 3 is 0.869 bits per heavy atom. The van der Waals surface area contributed by atoms with Gasteiger partial charge in [0.15, 0.2) is 6.10 Å². The molecule has 0 aliphatic heterocycles. The normalized spacial score (nSPS) is 13.3. The van der Waals surface area contributed by atoms with Crippen LogP contribution in [-0.4, -0.2) is 87.4 Å². The third-order valence-electron chi connectivity index (χ3n) is 17.9. The van der Waals surface area contributed by atoms with Gasteiger partial charge in [-0.15, -0.1) is 0 Å². The Labute approximate surface area is 611 Å². The van der Waals surface area contributed by atoms with Gasteiger partial charge in [0.1, 0.15) is 13.2 Å². The Balaban J connectivity index is 4.07. The number of quaternary nitrogens is 1. The molecule has 99 heavy (non-hydrogen) atoms.